The number of amides is 1. The molecular formula is C11H12ClFN2O. The van der Waals surface area contributed by atoms with Crippen LogP contribution in [0.3, 0.4) is 0 Å². The molecule has 1 aromatic rings. The first kappa shape index (κ1) is 11.4. The van der Waals surface area contributed by atoms with Crippen molar-refractivity contribution in [1.82, 2.24) is 4.90 Å². The second-order valence-corrected chi connectivity index (χ2v) is 4.33. The van der Waals surface area contributed by atoms with Gasteiger partial charge in [-0.15, -0.1) is 0 Å². The van der Waals surface area contributed by atoms with Crippen molar-refractivity contribution in [2.45, 2.75) is 12.5 Å². The maximum Gasteiger partial charge on any atom is 0.255 e. The lowest BCUT2D eigenvalue weighted by Crippen LogP contribution is -2.32. The third-order valence-electron chi connectivity index (χ3n) is 2.67. The standard InChI is InChI=1S/C11H12ClFN2O/c12-10-5-7(13)1-2-9(10)11(16)15-4-3-8(14)6-15/h1-2,5,8H,3-4,6,14H2/t8-/m0/s1. The Bertz CT molecular complexity index is 424. The highest BCUT2D eigenvalue weighted by Gasteiger charge is 2.25. The Morgan fingerprint density at radius 2 is 2.31 bits per heavy atom. The summed E-state index contributed by atoms with van der Waals surface area (Å²) in [5.74, 6) is -0.627. The van der Waals surface area contributed by atoms with E-state index in [1.807, 2.05) is 0 Å². The molecular weight excluding hydrogens is 231 g/mol. The largest absolute Gasteiger partial charge is 0.337 e. The van der Waals surface area contributed by atoms with Gasteiger partial charge in [0.05, 0.1) is 10.6 Å². The monoisotopic (exact) mass is 242 g/mol. The predicted octanol–water partition coefficient (Wildman–Crippen LogP) is 1.65. The molecule has 0 unspecified atom stereocenters. The van der Waals surface area contributed by atoms with Gasteiger partial charge in [-0.1, -0.05) is 11.6 Å². The van der Waals surface area contributed by atoms with Crippen molar-refractivity contribution >= 4 is 17.5 Å². The number of likely N-dealkylation sites (tertiary alicyclic amines) is 1. The van der Waals surface area contributed by atoms with Crippen molar-refractivity contribution in [2.24, 2.45) is 5.73 Å². The number of hydrogen-bond donors (Lipinski definition) is 1. The number of carbonyl (C=O) groups is 1. The smallest absolute Gasteiger partial charge is 0.255 e. The molecule has 2 rings (SSSR count). The molecule has 1 aliphatic rings. The van der Waals surface area contributed by atoms with Crippen molar-refractivity contribution in [3.63, 3.8) is 0 Å². The maximum atomic E-state index is 12.8. The third kappa shape index (κ3) is 2.18. The highest BCUT2D eigenvalue weighted by atomic mass is 35.5. The van der Waals surface area contributed by atoms with E-state index in [4.69, 9.17) is 17.3 Å². The summed E-state index contributed by atoms with van der Waals surface area (Å²) in [6.07, 6.45) is 0.796. The molecule has 0 aliphatic carbocycles. The van der Waals surface area contributed by atoms with Crippen LogP contribution in [0.15, 0.2) is 18.2 Å². The van der Waals surface area contributed by atoms with Crippen molar-refractivity contribution in [1.29, 1.82) is 0 Å². The molecule has 1 amide bonds. The van der Waals surface area contributed by atoms with E-state index in [0.29, 0.717) is 18.7 Å². The van der Waals surface area contributed by atoms with Crippen LogP contribution in [0.1, 0.15) is 16.8 Å². The van der Waals surface area contributed by atoms with Gasteiger partial charge in [0.25, 0.3) is 5.91 Å². The lowest BCUT2D eigenvalue weighted by Gasteiger charge is -2.16. The summed E-state index contributed by atoms with van der Waals surface area (Å²) in [4.78, 5) is 13.6. The molecule has 3 nitrogen and oxygen atoms in total. The Labute approximate surface area is 98.0 Å². The quantitative estimate of drug-likeness (QED) is 0.814. The minimum atomic E-state index is -0.445. The molecule has 86 valence electrons. The number of rotatable bonds is 1. The number of nitrogens with two attached hydrogens (primary N) is 1. The van der Waals surface area contributed by atoms with E-state index in [1.54, 1.807) is 4.90 Å². The molecule has 1 atom stereocenters. The van der Waals surface area contributed by atoms with E-state index >= 15 is 0 Å². The van der Waals surface area contributed by atoms with E-state index in [2.05, 4.69) is 0 Å². The number of carbonyl (C=O) groups excluding carboxylic acids is 1. The zero-order chi connectivity index (χ0) is 11.7. The van der Waals surface area contributed by atoms with Crippen LogP contribution in [0, 0.1) is 5.82 Å². The Morgan fingerprint density at radius 3 is 2.88 bits per heavy atom. The highest BCUT2D eigenvalue weighted by molar-refractivity contribution is 6.33. The molecule has 1 heterocycles. The fourth-order valence-corrected chi connectivity index (χ4v) is 2.05. The predicted molar refractivity (Wildman–Crippen MR) is 59.9 cm³/mol. The number of benzene rings is 1. The first-order chi connectivity index (χ1) is 7.58. The Morgan fingerprint density at radius 1 is 1.56 bits per heavy atom. The molecule has 0 saturated carbocycles. The van der Waals surface area contributed by atoms with Crippen LogP contribution < -0.4 is 5.73 Å². The third-order valence-corrected chi connectivity index (χ3v) is 2.99. The minimum absolute atomic E-state index is 0.0307. The van der Waals surface area contributed by atoms with E-state index < -0.39 is 5.82 Å². The van der Waals surface area contributed by atoms with Gasteiger partial charge in [0.2, 0.25) is 0 Å². The zero-order valence-corrected chi connectivity index (χ0v) is 9.38. The van der Waals surface area contributed by atoms with Gasteiger partial charge in [0.15, 0.2) is 0 Å². The average Bonchev–Trinajstić information content (AvgIpc) is 2.64. The SMILES string of the molecule is N[C@H]1CCN(C(=O)c2ccc(F)cc2Cl)C1. The molecule has 2 N–H and O–H groups in total. The molecule has 16 heavy (non-hydrogen) atoms. The van der Waals surface area contributed by atoms with Crippen molar-refractivity contribution in [3.8, 4) is 0 Å². The Hall–Kier alpha value is -1.13. The zero-order valence-electron chi connectivity index (χ0n) is 8.62. The van der Waals surface area contributed by atoms with Crippen LogP contribution >= 0.6 is 11.6 Å². The molecule has 0 spiro atoms. The lowest BCUT2D eigenvalue weighted by molar-refractivity contribution is 0.0791. The summed E-state index contributed by atoms with van der Waals surface area (Å²) in [7, 11) is 0. The van der Waals surface area contributed by atoms with Crippen LogP contribution in [0.25, 0.3) is 0 Å². The van der Waals surface area contributed by atoms with E-state index in [9.17, 15) is 9.18 Å². The van der Waals surface area contributed by atoms with Gasteiger partial charge in [-0.05, 0) is 24.6 Å². The lowest BCUT2D eigenvalue weighted by atomic mass is 10.2. The van der Waals surface area contributed by atoms with Gasteiger partial charge in [0.1, 0.15) is 5.82 Å². The van der Waals surface area contributed by atoms with Crippen molar-refractivity contribution in [3.05, 3.63) is 34.6 Å². The van der Waals surface area contributed by atoms with Gasteiger partial charge < -0.3 is 10.6 Å². The average molecular weight is 243 g/mol. The summed E-state index contributed by atoms with van der Waals surface area (Å²) < 4.78 is 12.8. The topological polar surface area (TPSA) is 46.3 Å². The second kappa shape index (κ2) is 4.39. The molecule has 0 radical (unpaired) electrons. The maximum absolute atomic E-state index is 12.8. The number of hydrogen-bond acceptors (Lipinski definition) is 2. The molecule has 1 saturated heterocycles. The number of halogens is 2. The Balaban J connectivity index is 2.21. The molecule has 5 heteroatoms. The minimum Gasteiger partial charge on any atom is -0.337 e. The summed E-state index contributed by atoms with van der Waals surface area (Å²) in [6.45, 7) is 1.17. The fraction of sp³-hybridized carbons (Fsp3) is 0.364. The van der Waals surface area contributed by atoms with E-state index in [-0.39, 0.29) is 17.0 Å². The molecule has 0 bridgehead atoms. The summed E-state index contributed by atoms with van der Waals surface area (Å²) in [6, 6.07) is 3.81. The normalized spacial score (nSPS) is 20.2. The summed E-state index contributed by atoms with van der Waals surface area (Å²) in [5, 5.41) is 0.144. The highest BCUT2D eigenvalue weighted by Crippen LogP contribution is 2.20. The van der Waals surface area contributed by atoms with Crippen molar-refractivity contribution < 1.29 is 9.18 Å². The van der Waals surface area contributed by atoms with Crippen LogP contribution in [0.4, 0.5) is 4.39 Å². The van der Waals surface area contributed by atoms with E-state index in [1.165, 1.54) is 12.1 Å². The van der Waals surface area contributed by atoms with E-state index in [0.717, 1.165) is 12.5 Å². The van der Waals surface area contributed by atoms with Gasteiger partial charge in [-0.25, -0.2) is 4.39 Å². The van der Waals surface area contributed by atoms with Gasteiger partial charge in [0, 0.05) is 19.1 Å². The van der Waals surface area contributed by atoms with Crippen LogP contribution in [-0.2, 0) is 0 Å². The second-order valence-electron chi connectivity index (χ2n) is 3.92. The van der Waals surface area contributed by atoms with Gasteiger partial charge >= 0.3 is 0 Å². The summed E-state index contributed by atoms with van der Waals surface area (Å²) in [5.41, 5.74) is 6.05. The Kier molecular flexibility index (Phi) is 3.12. The van der Waals surface area contributed by atoms with Crippen LogP contribution in [0.2, 0.25) is 5.02 Å². The first-order valence-electron chi connectivity index (χ1n) is 5.08. The molecule has 0 aromatic heterocycles. The molecule has 1 fully saturated rings. The fourth-order valence-electron chi connectivity index (χ4n) is 1.81. The van der Waals surface area contributed by atoms with Gasteiger partial charge in [-0.3, -0.25) is 4.79 Å². The summed E-state index contributed by atoms with van der Waals surface area (Å²) >= 11 is 5.82. The van der Waals surface area contributed by atoms with Crippen LogP contribution in [-0.4, -0.2) is 29.9 Å². The van der Waals surface area contributed by atoms with Crippen molar-refractivity contribution in [2.75, 3.05) is 13.1 Å². The van der Waals surface area contributed by atoms with Gasteiger partial charge in [-0.2, -0.15) is 0 Å². The number of nitrogens with zero attached hydrogens (tertiary/aromatic N) is 1. The first-order valence-corrected chi connectivity index (χ1v) is 5.45. The molecule has 1 aromatic carbocycles. The van der Waals surface area contributed by atoms with Crippen LogP contribution in [0.5, 0.6) is 0 Å². The molecule has 1 aliphatic heterocycles.